The number of aromatic nitrogens is 2. The topological polar surface area (TPSA) is 41.1 Å². The van der Waals surface area contributed by atoms with Gasteiger partial charge in [-0.2, -0.15) is 5.10 Å². The van der Waals surface area contributed by atoms with Crippen molar-refractivity contribution < 1.29 is 0 Å². The average molecular weight is 220 g/mol. The quantitative estimate of drug-likeness (QED) is 0.777. The van der Waals surface area contributed by atoms with Gasteiger partial charge in [0.1, 0.15) is 0 Å². The smallest absolute Gasteiger partial charge is 0.151 e. The van der Waals surface area contributed by atoms with Gasteiger partial charge >= 0.3 is 0 Å². The number of anilines is 1. The summed E-state index contributed by atoms with van der Waals surface area (Å²) in [5.74, 6) is 0.963. The molecule has 0 aromatic carbocycles. The highest BCUT2D eigenvalue weighted by Gasteiger charge is 2.36. The molecule has 0 amide bonds. The van der Waals surface area contributed by atoms with Crippen molar-refractivity contribution in [3.63, 3.8) is 0 Å². The zero-order valence-corrected chi connectivity index (χ0v) is 10.5. The van der Waals surface area contributed by atoms with E-state index in [1.807, 2.05) is 12.1 Å². The molecule has 1 aromatic rings. The fourth-order valence-corrected chi connectivity index (χ4v) is 2.63. The molecule has 0 bridgehead atoms. The number of piperazine rings is 1. The minimum Gasteiger partial charge on any atom is -0.351 e. The first-order valence-electron chi connectivity index (χ1n) is 5.70. The fourth-order valence-electron chi connectivity index (χ4n) is 2.63. The van der Waals surface area contributed by atoms with Crippen LogP contribution >= 0.6 is 0 Å². The summed E-state index contributed by atoms with van der Waals surface area (Å²) in [6.07, 6.45) is 1.71. The number of hydrogen-bond acceptors (Lipinski definition) is 4. The van der Waals surface area contributed by atoms with E-state index in [4.69, 9.17) is 0 Å². The highest BCUT2D eigenvalue weighted by molar-refractivity contribution is 5.39. The molecule has 88 valence electrons. The molecule has 1 aromatic heterocycles. The van der Waals surface area contributed by atoms with Crippen molar-refractivity contribution in [3.8, 4) is 0 Å². The van der Waals surface area contributed by atoms with E-state index in [0.29, 0.717) is 0 Å². The van der Waals surface area contributed by atoms with Gasteiger partial charge in [-0.1, -0.05) is 0 Å². The first-order valence-corrected chi connectivity index (χ1v) is 5.70. The summed E-state index contributed by atoms with van der Waals surface area (Å²) in [6.45, 7) is 10.8. The molecular formula is C12H20N4. The summed E-state index contributed by atoms with van der Waals surface area (Å²) < 4.78 is 0. The summed E-state index contributed by atoms with van der Waals surface area (Å²) in [7, 11) is 0. The van der Waals surface area contributed by atoms with Crippen molar-refractivity contribution in [2.75, 3.05) is 18.0 Å². The Morgan fingerprint density at radius 2 is 1.81 bits per heavy atom. The molecule has 0 spiro atoms. The van der Waals surface area contributed by atoms with Gasteiger partial charge in [-0.05, 0) is 39.8 Å². The molecule has 2 heterocycles. The Labute approximate surface area is 97.1 Å². The van der Waals surface area contributed by atoms with Gasteiger partial charge in [0, 0.05) is 30.4 Å². The van der Waals surface area contributed by atoms with Crippen LogP contribution in [0.25, 0.3) is 0 Å². The summed E-state index contributed by atoms with van der Waals surface area (Å²) >= 11 is 0. The van der Waals surface area contributed by atoms with Gasteiger partial charge in [0.2, 0.25) is 0 Å². The van der Waals surface area contributed by atoms with Gasteiger partial charge in [0.05, 0.1) is 0 Å². The molecule has 0 aliphatic carbocycles. The van der Waals surface area contributed by atoms with Crippen LogP contribution in [0.5, 0.6) is 0 Å². The van der Waals surface area contributed by atoms with Crippen LogP contribution in [0.1, 0.15) is 27.7 Å². The van der Waals surface area contributed by atoms with Crippen LogP contribution in [0.4, 0.5) is 5.82 Å². The van der Waals surface area contributed by atoms with Crippen LogP contribution in [0.2, 0.25) is 0 Å². The Morgan fingerprint density at radius 1 is 1.19 bits per heavy atom. The minimum atomic E-state index is 0.0965. The van der Waals surface area contributed by atoms with Gasteiger partial charge in [0.25, 0.3) is 0 Å². The van der Waals surface area contributed by atoms with Gasteiger partial charge in [-0.25, -0.2) is 0 Å². The summed E-state index contributed by atoms with van der Waals surface area (Å²) in [5, 5.41) is 11.8. The molecule has 0 unspecified atom stereocenters. The second kappa shape index (κ2) is 3.70. The molecular weight excluding hydrogens is 200 g/mol. The maximum Gasteiger partial charge on any atom is 0.151 e. The van der Waals surface area contributed by atoms with Gasteiger partial charge in [0.15, 0.2) is 5.82 Å². The molecule has 4 nitrogen and oxygen atoms in total. The maximum absolute atomic E-state index is 4.18. The van der Waals surface area contributed by atoms with Crippen molar-refractivity contribution in [2.45, 2.75) is 38.8 Å². The normalized spacial score (nSPS) is 23.1. The van der Waals surface area contributed by atoms with E-state index < -0.39 is 0 Å². The van der Waals surface area contributed by atoms with E-state index in [-0.39, 0.29) is 11.1 Å². The first kappa shape index (κ1) is 11.3. The van der Waals surface area contributed by atoms with Crippen LogP contribution < -0.4 is 10.2 Å². The largest absolute Gasteiger partial charge is 0.351 e. The Hall–Kier alpha value is -1.16. The van der Waals surface area contributed by atoms with E-state index >= 15 is 0 Å². The summed E-state index contributed by atoms with van der Waals surface area (Å²) in [5.41, 5.74) is 0.193. The molecule has 1 aliphatic rings. The number of rotatable bonds is 1. The Morgan fingerprint density at radius 3 is 2.31 bits per heavy atom. The van der Waals surface area contributed by atoms with E-state index in [9.17, 15) is 0 Å². The predicted molar refractivity (Wildman–Crippen MR) is 65.5 cm³/mol. The average Bonchev–Trinajstić information content (AvgIpc) is 2.14. The standard InChI is InChI=1S/C12H20N4/c1-11(2)8-16(9-12(3,4)15-11)10-6-5-7-13-14-10/h5-7,15H,8-9H2,1-4H3. The van der Waals surface area contributed by atoms with E-state index in [1.54, 1.807) is 6.20 Å². The van der Waals surface area contributed by atoms with Gasteiger partial charge in [-0.15, -0.1) is 5.10 Å². The van der Waals surface area contributed by atoms with Crippen molar-refractivity contribution in [2.24, 2.45) is 0 Å². The lowest BCUT2D eigenvalue weighted by Gasteiger charge is -2.48. The Kier molecular flexibility index (Phi) is 2.62. The summed E-state index contributed by atoms with van der Waals surface area (Å²) in [4.78, 5) is 2.30. The second-order valence-electron chi connectivity index (χ2n) is 5.83. The molecule has 1 saturated heterocycles. The van der Waals surface area contributed by atoms with Crippen LogP contribution in [-0.2, 0) is 0 Å². The summed E-state index contributed by atoms with van der Waals surface area (Å²) in [6, 6.07) is 3.95. The minimum absolute atomic E-state index is 0.0965. The van der Waals surface area contributed by atoms with Crippen LogP contribution in [0, 0.1) is 0 Å². The Bertz CT molecular complexity index is 343. The SMILES string of the molecule is CC1(C)CN(c2cccnn2)CC(C)(C)N1. The van der Waals surface area contributed by atoms with Crippen molar-refractivity contribution >= 4 is 5.82 Å². The highest BCUT2D eigenvalue weighted by Crippen LogP contribution is 2.24. The molecule has 0 atom stereocenters. The van der Waals surface area contributed by atoms with E-state index in [1.165, 1.54) is 0 Å². The molecule has 0 radical (unpaired) electrons. The van der Waals surface area contributed by atoms with Crippen LogP contribution in [0.15, 0.2) is 18.3 Å². The number of hydrogen-bond donors (Lipinski definition) is 1. The zero-order valence-electron chi connectivity index (χ0n) is 10.5. The third-order valence-electron chi connectivity index (χ3n) is 2.73. The lowest BCUT2D eigenvalue weighted by molar-refractivity contribution is 0.225. The van der Waals surface area contributed by atoms with E-state index in [2.05, 4.69) is 48.1 Å². The van der Waals surface area contributed by atoms with E-state index in [0.717, 1.165) is 18.9 Å². The maximum atomic E-state index is 4.18. The molecule has 1 aliphatic heterocycles. The van der Waals surface area contributed by atoms with Crippen molar-refractivity contribution in [3.05, 3.63) is 18.3 Å². The molecule has 16 heavy (non-hydrogen) atoms. The number of nitrogens with one attached hydrogen (secondary N) is 1. The van der Waals surface area contributed by atoms with Crippen LogP contribution in [0.3, 0.4) is 0 Å². The predicted octanol–water partition coefficient (Wildman–Crippen LogP) is 1.44. The van der Waals surface area contributed by atoms with Gasteiger partial charge in [-0.3, -0.25) is 0 Å². The molecule has 4 heteroatoms. The monoisotopic (exact) mass is 220 g/mol. The fraction of sp³-hybridized carbons (Fsp3) is 0.667. The number of nitrogens with zero attached hydrogens (tertiary/aromatic N) is 3. The molecule has 0 saturated carbocycles. The van der Waals surface area contributed by atoms with Crippen molar-refractivity contribution in [1.82, 2.24) is 15.5 Å². The Balaban J connectivity index is 2.23. The lowest BCUT2D eigenvalue weighted by atomic mass is 9.91. The third-order valence-corrected chi connectivity index (χ3v) is 2.73. The first-order chi connectivity index (χ1) is 7.38. The highest BCUT2D eigenvalue weighted by atomic mass is 15.3. The third kappa shape index (κ3) is 2.50. The molecule has 1 fully saturated rings. The van der Waals surface area contributed by atoms with Crippen molar-refractivity contribution in [1.29, 1.82) is 0 Å². The van der Waals surface area contributed by atoms with Gasteiger partial charge < -0.3 is 10.2 Å². The second-order valence-corrected chi connectivity index (χ2v) is 5.83. The van der Waals surface area contributed by atoms with Crippen LogP contribution in [-0.4, -0.2) is 34.4 Å². The molecule has 1 N–H and O–H groups in total. The zero-order chi connectivity index (χ0) is 11.8. The molecule has 2 rings (SSSR count). The lowest BCUT2D eigenvalue weighted by Crippen LogP contribution is -2.67.